The van der Waals surface area contributed by atoms with Gasteiger partial charge in [0, 0.05) is 29.8 Å². The molecule has 4 atom stereocenters. The summed E-state index contributed by atoms with van der Waals surface area (Å²) in [6.07, 6.45) is 0.971. The number of hydrogen-bond donors (Lipinski definition) is 0. The molecule has 0 radical (unpaired) electrons. The van der Waals surface area contributed by atoms with E-state index in [2.05, 4.69) is 19.1 Å². The number of carbonyl (C=O) groups excluding carboxylic acids is 2. The lowest BCUT2D eigenvalue weighted by atomic mass is 9.78. The fourth-order valence-electron chi connectivity index (χ4n) is 4.79. The zero-order valence-corrected chi connectivity index (χ0v) is 18.0. The number of fused-ring (bicyclic) bond motifs is 1. The monoisotopic (exact) mass is 421 g/mol. The predicted molar refractivity (Wildman–Crippen MR) is 112 cm³/mol. The van der Waals surface area contributed by atoms with Gasteiger partial charge in [0.15, 0.2) is 4.08 Å². The Morgan fingerprint density at radius 2 is 1.96 bits per heavy atom. The molecule has 0 aliphatic carbocycles. The maximum atomic E-state index is 13.3. The summed E-state index contributed by atoms with van der Waals surface area (Å²) in [6.45, 7) is 4.84. The van der Waals surface area contributed by atoms with Crippen LogP contribution in [0.3, 0.4) is 0 Å². The van der Waals surface area contributed by atoms with E-state index in [0.717, 1.165) is 23.5 Å². The highest BCUT2D eigenvalue weighted by atomic mass is 32.2. The van der Waals surface area contributed by atoms with E-state index in [1.54, 1.807) is 23.5 Å². The van der Waals surface area contributed by atoms with E-state index in [1.165, 1.54) is 0 Å². The van der Waals surface area contributed by atoms with Crippen LogP contribution >= 0.6 is 23.5 Å². The SMILES string of the molecule is CCOC(=O)C1([C@@H]2CC(=O)N3[C@H](OC[C@H]3c3ccccc3)[C@H]2CC)SCCS1. The van der Waals surface area contributed by atoms with Crippen molar-refractivity contribution in [2.24, 2.45) is 11.8 Å². The molecule has 3 aliphatic rings. The first-order valence-electron chi connectivity index (χ1n) is 10.0. The first-order valence-corrected chi connectivity index (χ1v) is 12.0. The predicted octanol–water partition coefficient (Wildman–Crippen LogP) is 3.70. The lowest BCUT2D eigenvalue weighted by Crippen LogP contribution is -2.56. The van der Waals surface area contributed by atoms with Crippen LogP contribution in [-0.4, -0.2) is 51.8 Å². The fourth-order valence-corrected chi connectivity index (χ4v) is 8.20. The minimum atomic E-state index is -0.688. The van der Waals surface area contributed by atoms with Crippen LogP contribution in [-0.2, 0) is 19.1 Å². The molecule has 0 N–H and O–H groups in total. The Bertz CT molecular complexity index is 722. The summed E-state index contributed by atoms with van der Waals surface area (Å²) in [6, 6.07) is 10.0. The molecule has 5 nitrogen and oxygen atoms in total. The maximum Gasteiger partial charge on any atom is 0.332 e. The first kappa shape index (κ1) is 20.1. The van der Waals surface area contributed by atoms with Crippen molar-refractivity contribution >= 4 is 35.4 Å². The third kappa shape index (κ3) is 3.25. The molecule has 0 bridgehead atoms. The molecule has 1 amide bonds. The fraction of sp³-hybridized carbons (Fsp3) is 0.619. The van der Waals surface area contributed by atoms with Crippen molar-refractivity contribution in [3.05, 3.63) is 35.9 Å². The summed E-state index contributed by atoms with van der Waals surface area (Å²) < 4.78 is 11.0. The van der Waals surface area contributed by atoms with Crippen LogP contribution in [0.1, 0.15) is 38.3 Å². The Kier molecular flexibility index (Phi) is 5.95. The van der Waals surface area contributed by atoms with Crippen molar-refractivity contribution < 1.29 is 19.1 Å². The Labute approximate surface area is 174 Å². The zero-order valence-electron chi connectivity index (χ0n) is 16.3. The molecule has 3 fully saturated rings. The van der Waals surface area contributed by atoms with Crippen LogP contribution in [0.5, 0.6) is 0 Å². The van der Waals surface area contributed by atoms with Crippen molar-refractivity contribution in [2.75, 3.05) is 24.7 Å². The van der Waals surface area contributed by atoms with Gasteiger partial charge in [-0.05, 0) is 18.9 Å². The van der Waals surface area contributed by atoms with Gasteiger partial charge in [-0.3, -0.25) is 4.79 Å². The third-order valence-electron chi connectivity index (χ3n) is 6.02. The average Bonchev–Trinajstić information content (AvgIpc) is 3.37. The van der Waals surface area contributed by atoms with E-state index >= 15 is 0 Å². The molecule has 4 rings (SSSR count). The Hall–Kier alpha value is -1.18. The zero-order chi connectivity index (χ0) is 19.7. The van der Waals surface area contributed by atoms with Gasteiger partial charge in [0.05, 0.1) is 19.3 Å². The lowest BCUT2D eigenvalue weighted by Gasteiger charge is -2.47. The molecule has 152 valence electrons. The number of carbonyl (C=O) groups is 2. The number of amides is 1. The van der Waals surface area contributed by atoms with Crippen LogP contribution in [0, 0.1) is 11.8 Å². The minimum absolute atomic E-state index is 0.0453. The summed E-state index contributed by atoms with van der Waals surface area (Å²) in [5, 5.41) is 0. The van der Waals surface area contributed by atoms with Gasteiger partial charge in [0.2, 0.25) is 5.91 Å². The van der Waals surface area contributed by atoms with E-state index < -0.39 is 4.08 Å². The summed E-state index contributed by atoms with van der Waals surface area (Å²) in [7, 11) is 0. The molecule has 3 heterocycles. The molecular weight excluding hydrogens is 394 g/mol. The maximum absolute atomic E-state index is 13.3. The van der Waals surface area contributed by atoms with Crippen molar-refractivity contribution in [1.82, 2.24) is 4.90 Å². The minimum Gasteiger partial charge on any atom is -0.464 e. The molecule has 0 spiro atoms. The van der Waals surface area contributed by atoms with E-state index in [9.17, 15) is 9.59 Å². The second kappa shape index (κ2) is 8.28. The van der Waals surface area contributed by atoms with E-state index in [-0.39, 0.29) is 36.0 Å². The van der Waals surface area contributed by atoms with Gasteiger partial charge in [-0.15, -0.1) is 23.5 Å². The molecule has 3 saturated heterocycles. The van der Waals surface area contributed by atoms with Crippen molar-refractivity contribution in [3.8, 4) is 0 Å². The van der Waals surface area contributed by atoms with Crippen LogP contribution in [0.2, 0.25) is 0 Å². The molecule has 7 heteroatoms. The summed E-state index contributed by atoms with van der Waals surface area (Å²) in [5.41, 5.74) is 1.11. The quantitative estimate of drug-likeness (QED) is 0.676. The van der Waals surface area contributed by atoms with Gasteiger partial charge >= 0.3 is 5.97 Å². The topological polar surface area (TPSA) is 55.8 Å². The third-order valence-corrected chi connectivity index (χ3v) is 9.60. The number of thioether (sulfide) groups is 2. The molecular formula is C21H27NO4S2. The highest BCUT2D eigenvalue weighted by Crippen LogP contribution is 2.57. The van der Waals surface area contributed by atoms with Gasteiger partial charge in [-0.25, -0.2) is 4.79 Å². The number of esters is 1. The number of piperidine rings is 1. The standard InChI is InChI=1S/C21H27NO4S2/c1-3-15-16(21(20(24)25-4-2)27-10-11-28-21)12-18(23)22-17(13-26-19(15)22)14-8-6-5-7-9-14/h5-9,15-17,19H,3-4,10-13H2,1-2H3/t15-,16+,17-,19+/m0/s1. The first-order chi connectivity index (χ1) is 13.6. The summed E-state index contributed by atoms with van der Waals surface area (Å²) >= 11 is 3.32. The molecule has 0 saturated carbocycles. The van der Waals surface area contributed by atoms with Gasteiger partial charge < -0.3 is 14.4 Å². The van der Waals surface area contributed by atoms with Gasteiger partial charge in [0.1, 0.15) is 6.23 Å². The van der Waals surface area contributed by atoms with Crippen LogP contribution < -0.4 is 0 Å². The van der Waals surface area contributed by atoms with Crippen molar-refractivity contribution in [3.63, 3.8) is 0 Å². The molecule has 1 aromatic carbocycles. The number of benzene rings is 1. The Balaban J connectivity index is 1.65. The van der Waals surface area contributed by atoms with Crippen LogP contribution in [0.25, 0.3) is 0 Å². The largest absolute Gasteiger partial charge is 0.464 e. The van der Waals surface area contributed by atoms with Crippen LogP contribution in [0.4, 0.5) is 0 Å². The lowest BCUT2D eigenvalue weighted by molar-refractivity contribution is -0.157. The molecule has 28 heavy (non-hydrogen) atoms. The number of rotatable bonds is 5. The van der Waals surface area contributed by atoms with Crippen molar-refractivity contribution in [2.45, 2.75) is 43.0 Å². The Morgan fingerprint density at radius 3 is 2.61 bits per heavy atom. The highest BCUT2D eigenvalue weighted by molar-refractivity contribution is 8.22. The van der Waals surface area contributed by atoms with E-state index in [1.807, 2.05) is 30.0 Å². The molecule has 0 aromatic heterocycles. The van der Waals surface area contributed by atoms with Crippen LogP contribution in [0.15, 0.2) is 30.3 Å². The summed E-state index contributed by atoms with van der Waals surface area (Å²) in [5.74, 6) is 1.78. The smallest absolute Gasteiger partial charge is 0.332 e. The number of ether oxygens (including phenoxy) is 2. The summed E-state index contributed by atoms with van der Waals surface area (Å²) in [4.78, 5) is 28.2. The highest BCUT2D eigenvalue weighted by Gasteiger charge is 2.60. The number of hydrogen-bond acceptors (Lipinski definition) is 6. The average molecular weight is 422 g/mol. The molecule has 1 aromatic rings. The molecule has 3 aliphatic heterocycles. The van der Waals surface area contributed by atoms with E-state index in [4.69, 9.17) is 9.47 Å². The molecule has 0 unspecified atom stereocenters. The second-order valence-corrected chi connectivity index (χ2v) is 10.4. The van der Waals surface area contributed by atoms with Gasteiger partial charge in [-0.2, -0.15) is 0 Å². The number of nitrogens with zero attached hydrogens (tertiary/aromatic N) is 1. The second-order valence-electron chi connectivity index (χ2n) is 7.42. The van der Waals surface area contributed by atoms with E-state index in [0.29, 0.717) is 19.6 Å². The normalized spacial score (nSPS) is 31.6. The van der Waals surface area contributed by atoms with Gasteiger partial charge in [-0.1, -0.05) is 37.3 Å². The van der Waals surface area contributed by atoms with Gasteiger partial charge in [0.25, 0.3) is 0 Å². The van der Waals surface area contributed by atoms with Crippen molar-refractivity contribution in [1.29, 1.82) is 0 Å². The Morgan fingerprint density at radius 1 is 1.25 bits per heavy atom.